The van der Waals surface area contributed by atoms with Gasteiger partial charge in [0.1, 0.15) is 0 Å². The first kappa shape index (κ1) is 13.8. The molecule has 102 valence electrons. The maximum Gasteiger partial charge on any atom is 0.337 e. The third-order valence-corrected chi connectivity index (χ3v) is 2.98. The fourth-order valence-corrected chi connectivity index (χ4v) is 2.08. The number of aryl methyl sites for hydroxylation is 2. The van der Waals surface area contributed by atoms with Crippen molar-refractivity contribution in [2.45, 2.75) is 13.8 Å². The van der Waals surface area contributed by atoms with Crippen LogP contribution in [0.15, 0.2) is 42.5 Å². The molecule has 0 saturated heterocycles. The zero-order valence-electron chi connectivity index (χ0n) is 11.3. The summed E-state index contributed by atoms with van der Waals surface area (Å²) in [4.78, 5) is 23.4. The van der Waals surface area contributed by atoms with Crippen LogP contribution in [0.1, 0.15) is 31.8 Å². The molecule has 2 aromatic carbocycles. The number of benzene rings is 2. The van der Waals surface area contributed by atoms with Gasteiger partial charge in [0.2, 0.25) is 0 Å². The summed E-state index contributed by atoms with van der Waals surface area (Å²) >= 11 is 0. The van der Waals surface area contributed by atoms with E-state index in [4.69, 9.17) is 0 Å². The predicted octanol–water partition coefficient (Wildman–Crippen LogP) is 3.25. The Hall–Kier alpha value is -2.62. The zero-order chi connectivity index (χ0) is 14.7. The van der Waals surface area contributed by atoms with E-state index in [1.165, 1.54) is 0 Å². The molecule has 20 heavy (non-hydrogen) atoms. The molecule has 0 fully saturated rings. The van der Waals surface area contributed by atoms with E-state index in [9.17, 15) is 14.7 Å². The molecule has 0 radical (unpaired) electrons. The summed E-state index contributed by atoms with van der Waals surface area (Å²) < 4.78 is 0. The summed E-state index contributed by atoms with van der Waals surface area (Å²) in [5.74, 6) is -1.37. The van der Waals surface area contributed by atoms with Gasteiger partial charge in [-0.15, -0.1) is 0 Å². The maximum atomic E-state index is 12.1. The Balaban J connectivity index is 2.39. The van der Waals surface area contributed by atoms with Gasteiger partial charge in [0, 0.05) is 5.56 Å². The van der Waals surface area contributed by atoms with Gasteiger partial charge in [0.25, 0.3) is 5.91 Å². The number of hydrogen-bond donors (Lipinski definition) is 2. The second kappa shape index (κ2) is 5.57. The Labute approximate surface area is 117 Å². The third kappa shape index (κ3) is 2.85. The molecule has 1 amide bonds. The number of nitrogens with one attached hydrogen (secondary N) is 1. The van der Waals surface area contributed by atoms with Crippen LogP contribution >= 0.6 is 0 Å². The van der Waals surface area contributed by atoms with Crippen molar-refractivity contribution in [1.29, 1.82) is 0 Å². The van der Waals surface area contributed by atoms with E-state index in [0.717, 1.165) is 11.1 Å². The summed E-state index contributed by atoms with van der Waals surface area (Å²) in [6, 6.07) is 12.1. The van der Waals surface area contributed by atoms with Gasteiger partial charge in [-0.1, -0.05) is 24.3 Å². The molecule has 0 aliphatic heterocycles. The average molecular weight is 269 g/mol. The smallest absolute Gasteiger partial charge is 0.337 e. The molecule has 4 heteroatoms. The summed E-state index contributed by atoms with van der Waals surface area (Å²) in [5, 5.41) is 11.9. The van der Waals surface area contributed by atoms with Crippen LogP contribution in [-0.2, 0) is 0 Å². The molecule has 2 rings (SSSR count). The number of rotatable bonds is 3. The standard InChI is InChI=1S/C16H15NO3/c1-10-8-11(2)14(13(9-10)16(19)20)17-15(18)12-6-4-3-5-7-12/h3-9H,1-2H3,(H,17,18)(H,19,20). The minimum Gasteiger partial charge on any atom is -0.478 e. The number of carboxylic acids is 1. The van der Waals surface area contributed by atoms with E-state index in [1.54, 1.807) is 37.3 Å². The van der Waals surface area contributed by atoms with Gasteiger partial charge in [-0.05, 0) is 43.2 Å². The lowest BCUT2D eigenvalue weighted by Gasteiger charge is -2.12. The van der Waals surface area contributed by atoms with E-state index in [0.29, 0.717) is 11.3 Å². The molecular weight excluding hydrogens is 254 g/mol. The summed E-state index contributed by atoms with van der Waals surface area (Å²) in [6.07, 6.45) is 0. The first-order valence-corrected chi connectivity index (χ1v) is 6.20. The highest BCUT2D eigenvalue weighted by atomic mass is 16.4. The lowest BCUT2D eigenvalue weighted by molar-refractivity contribution is 0.0698. The van der Waals surface area contributed by atoms with Crippen molar-refractivity contribution in [3.05, 3.63) is 64.7 Å². The number of aromatic carboxylic acids is 1. The quantitative estimate of drug-likeness (QED) is 0.898. The summed E-state index contributed by atoms with van der Waals surface area (Å²) in [6.45, 7) is 3.60. The van der Waals surface area contributed by atoms with Crippen molar-refractivity contribution in [2.75, 3.05) is 5.32 Å². The fraction of sp³-hybridized carbons (Fsp3) is 0.125. The van der Waals surface area contributed by atoms with Crippen molar-refractivity contribution in [3.63, 3.8) is 0 Å². The number of carboxylic acid groups (broad SMARTS) is 1. The topological polar surface area (TPSA) is 66.4 Å². The lowest BCUT2D eigenvalue weighted by Crippen LogP contribution is -2.16. The van der Waals surface area contributed by atoms with E-state index in [2.05, 4.69) is 5.32 Å². The van der Waals surface area contributed by atoms with Crippen LogP contribution in [0, 0.1) is 13.8 Å². The number of amides is 1. The van der Waals surface area contributed by atoms with E-state index in [1.807, 2.05) is 19.1 Å². The van der Waals surface area contributed by atoms with Gasteiger partial charge in [0.15, 0.2) is 0 Å². The third-order valence-electron chi connectivity index (χ3n) is 2.98. The first-order chi connectivity index (χ1) is 9.49. The molecule has 2 N–H and O–H groups in total. The van der Waals surface area contributed by atoms with Crippen LogP contribution in [0.5, 0.6) is 0 Å². The number of hydrogen-bond acceptors (Lipinski definition) is 2. The van der Waals surface area contributed by atoms with Crippen LogP contribution in [0.4, 0.5) is 5.69 Å². The first-order valence-electron chi connectivity index (χ1n) is 6.20. The highest BCUT2D eigenvalue weighted by Gasteiger charge is 2.16. The second-order valence-electron chi connectivity index (χ2n) is 4.63. The molecule has 0 bridgehead atoms. The van der Waals surface area contributed by atoms with E-state index < -0.39 is 5.97 Å². The molecular formula is C16H15NO3. The SMILES string of the molecule is Cc1cc(C)c(NC(=O)c2ccccc2)c(C(=O)O)c1. The molecule has 0 aromatic heterocycles. The molecule has 0 aliphatic rings. The fourth-order valence-electron chi connectivity index (χ4n) is 2.08. The lowest BCUT2D eigenvalue weighted by atomic mass is 10.0. The van der Waals surface area contributed by atoms with E-state index >= 15 is 0 Å². The maximum absolute atomic E-state index is 12.1. The molecule has 0 aliphatic carbocycles. The van der Waals surface area contributed by atoms with E-state index in [-0.39, 0.29) is 11.5 Å². The minimum absolute atomic E-state index is 0.104. The van der Waals surface area contributed by atoms with Crippen molar-refractivity contribution >= 4 is 17.6 Å². The summed E-state index contributed by atoms with van der Waals surface area (Å²) in [7, 11) is 0. The number of carbonyl (C=O) groups excluding carboxylic acids is 1. The Kier molecular flexibility index (Phi) is 3.84. The largest absolute Gasteiger partial charge is 0.478 e. The number of anilines is 1. The van der Waals surface area contributed by atoms with Crippen LogP contribution in [0.3, 0.4) is 0 Å². The molecule has 0 atom stereocenters. The monoisotopic (exact) mass is 269 g/mol. The van der Waals surface area contributed by atoms with Crippen LogP contribution in [0.25, 0.3) is 0 Å². The van der Waals surface area contributed by atoms with Gasteiger partial charge in [-0.3, -0.25) is 4.79 Å². The zero-order valence-corrected chi connectivity index (χ0v) is 11.3. The van der Waals surface area contributed by atoms with Crippen molar-refractivity contribution in [1.82, 2.24) is 0 Å². The molecule has 0 spiro atoms. The Morgan fingerprint density at radius 3 is 2.30 bits per heavy atom. The van der Waals surface area contributed by atoms with Gasteiger partial charge in [0.05, 0.1) is 11.3 Å². The average Bonchev–Trinajstić information content (AvgIpc) is 2.42. The molecule has 0 heterocycles. The molecule has 4 nitrogen and oxygen atoms in total. The Morgan fingerprint density at radius 2 is 1.70 bits per heavy atom. The molecule has 0 saturated carbocycles. The Morgan fingerprint density at radius 1 is 1.05 bits per heavy atom. The van der Waals surface area contributed by atoms with Crippen LogP contribution < -0.4 is 5.32 Å². The second-order valence-corrected chi connectivity index (χ2v) is 4.63. The minimum atomic E-state index is -1.06. The molecule has 0 unspecified atom stereocenters. The van der Waals surface area contributed by atoms with Crippen molar-refractivity contribution < 1.29 is 14.7 Å². The highest BCUT2D eigenvalue weighted by Crippen LogP contribution is 2.23. The van der Waals surface area contributed by atoms with Gasteiger partial charge in [-0.25, -0.2) is 4.79 Å². The van der Waals surface area contributed by atoms with Gasteiger partial charge in [-0.2, -0.15) is 0 Å². The number of carbonyl (C=O) groups is 2. The Bertz CT molecular complexity index is 663. The molecule has 2 aromatic rings. The van der Waals surface area contributed by atoms with Crippen LogP contribution in [-0.4, -0.2) is 17.0 Å². The summed E-state index contributed by atoms with van der Waals surface area (Å²) in [5.41, 5.74) is 2.51. The van der Waals surface area contributed by atoms with Gasteiger partial charge >= 0.3 is 5.97 Å². The van der Waals surface area contributed by atoms with Crippen LogP contribution in [0.2, 0.25) is 0 Å². The predicted molar refractivity (Wildman–Crippen MR) is 77.3 cm³/mol. The van der Waals surface area contributed by atoms with Gasteiger partial charge < -0.3 is 10.4 Å². The van der Waals surface area contributed by atoms with Crippen molar-refractivity contribution in [3.8, 4) is 0 Å². The van der Waals surface area contributed by atoms with Crippen molar-refractivity contribution in [2.24, 2.45) is 0 Å². The highest BCUT2D eigenvalue weighted by molar-refractivity contribution is 6.08. The normalized spacial score (nSPS) is 10.1.